The molecule has 106 valence electrons. The van der Waals surface area contributed by atoms with Crippen molar-refractivity contribution < 1.29 is 8.81 Å². The summed E-state index contributed by atoms with van der Waals surface area (Å²) in [5.41, 5.74) is 2.24. The molecule has 0 amide bonds. The number of aryl methyl sites for hydroxylation is 1. The van der Waals surface area contributed by atoms with Crippen LogP contribution in [0.3, 0.4) is 0 Å². The third kappa shape index (κ3) is 2.90. The zero-order valence-electron chi connectivity index (χ0n) is 11.7. The van der Waals surface area contributed by atoms with Crippen molar-refractivity contribution in [3.8, 4) is 0 Å². The first-order valence-electron chi connectivity index (χ1n) is 7.09. The summed E-state index contributed by atoms with van der Waals surface area (Å²) in [6.45, 7) is 4.93. The average Bonchev–Trinajstić information content (AvgIpc) is 2.97. The summed E-state index contributed by atoms with van der Waals surface area (Å²) in [7, 11) is 0. The van der Waals surface area contributed by atoms with Gasteiger partial charge in [-0.2, -0.15) is 0 Å². The van der Waals surface area contributed by atoms with E-state index in [2.05, 4.69) is 9.88 Å². The summed E-state index contributed by atoms with van der Waals surface area (Å²) in [6.07, 6.45) is 5.49. The first-order valence-corrected chi connectivity index (χ1v) is 7.09. The van der Waals surface area contributed by atoms with E-state index in [0.717, 1.165) is 43.9 Å². The second-order valence-electron chi connectivity index (χ2n) is 5.49. The molecule has 4 heteroatoms. The van der Waals surface area contributed by atoms with Crippen LogP contribution < -0.4 is 0 Å². The van der Waals surface area contributed by atoms with Crippen molar-refractivity contribution in [3.63, 3.8) is 0 Å². The van der Waals surface area contributed by atoms with Gasteiger partial charge in [-0.25, -0.2) is 9.37 Å². The van der Waals surface area contributed by atoms with Gasteiger partial charge in [-0.1, -0.05) is 6.07 Å². The summed E-state index contributed by atoms with van der Waals surface area (Å²) in [5.74, 6) is 1.15. The largest absolute Gasteiger partial charge is 0.449 e. The summed E-state index contributed by atoms with van der Waals surface area (Å²) in [6, 6.07) is 5.04. The Hall–Kier alpha value is -1.68. The van der Waals surface area contributed by atoms with E-state index in [1.165, 1.54) is 5.56 Å². The Morgan fingerprint density at radius 3 is 2.80 bits per heavy atom. The molecule has 2 aromatic rings. The molecule has 0 aliphatic carbocycles. The predicted octanol–water partition coefficient (Wildman–Crippen LogP) is 3.50. The number of rotatable bonds is 3. The van der Waals surface area contributed by atoms with Gasteiger partial charge >= 0.3 is 0 Å². The molecule has 0 atom stereocenters. The van der Waals surface area contributed by atoms with E-state index in [1.807, 2.05) is 13.0 Å². The third-order valence-corrected chi connectivity index (χ3v) is 4.09. The molecule has 1 saturated heterocycles. The molecular weight excluding hydrogens is 255 g/mol. The average molecular weight is 274 g/mol. The van der Waals surface area contributed by atoms with Gasteiger partial charge in [-0.05, 0) is 56.1 Å². The Labute approximate surface area is 118 Å². The van der Waals surface area contributed by atoms with Gasteiger partial charge in [0.2, 0.25) is 0 Å². The molecule has 0 N–H and O–H groups in total. The van der Waals surface area contributed by atoms with Crippen LogP contribution in [-0.2, 0) is 6.54 Å². The van der Waals surface area contributed by atoms with Gasteiger partial charge in [0.1, 0.15) is 12.1 Å². The number of halogens is 1. The molecule has 1 aromatic heterocycles. The minimum atomic E-state index is -0.158. The predicted molar refractivity (Wildman–Crippen MR) is 74.9 cm³/mol. The third-order valence-electron chi connectivity index (χ3n) is 4.09. The van der Waals surface area contributed by atoms with Crippen LogP contribution >= 0.6 is 0 Å². The fourth-order valence-electron chi connectivity index (χ4n) is 2.85. The molecule has 0 saturated carbocycles. The number of likely N-dealkylation sites (tertiary alicyclic amines) is 1. The molecule has 0 spiro atoms. The molecule has 1 aliphatic heterocycles. The highest BCUT2D eigenvalue weighted by atomic mass is 19.1. The van der Waals surface area contributed by atoms with Crippen LogP contribution in [0.1, 0.15) is 35.8 Å². The molecule has 0 bridgehead atoms. The Morgan fingerprint density at radius 1 is 1.35 bits per heavy atom. The van der Waals surface area contributed by atoms with Gasteiger partial charge in [-0.3, -0.25) is 4.90 Å². The lowest BCUT2D eigenvalue weighted by Crippen LogP contribution is -2.32. The summed E-state index contributed by atoms with van der Waals surface area (Å²) in [5, 5.41) is 0. The maximum Gasteiger partial charge on any atom is 0.197 e. The molecule has 0 radical (unpaired) electrons. The molecule has 1 aromatic carbocycles. The first-order chi connectivity index (χ1) is 9.72. The van der Waals surface area contributed by atoms with E-state index < -0.39 is 0 Å². The number of hydrogen-bond donors (Lipinski definition) is 0. The van der Waals surface area contributed by atoms with E-state index in [9.17, 15) is 4.39 Å². The zero-order chi connectivity index (χ0) is 13.9. The van der Waals surface area contributed by atoms with Crippen LogP contribution in [0, 0.1) is 12.7 Å². The Bertz CT molecular complexity index is 560. The van der Waals surface area contributed by atoms with Crippen LogP contribution in [0.25, 0.3) is 0 Å². The topological polar surface area (TPSA) is 29.3 Å². The SMILES string of the molecule is Cc1cc(F)ccc1CN1CCC(c2ncco2)CC1. The second-order valence-corrected chi connectivity index (χ2v) is 5.49. The fraction of sp³-hybridized carbons (Fsp3) is 0.438. The quantitative estimate of drug-likeness (QED) is 0.858. The lowest BCUT2D eigenvalue weighted by Gasteiger charge is -2.30. The summed E-state index contributed by atoms with van der Waals surface area (Å²) in [4.78, 5) is 6.66. The number of benzene rings is 1. The van der Waals surface area contributed by atoms with Crippen LogP contribution in [-0.4, -0.2) is 23.0 Å². The van der Waals surface area contributed by atoms with Crippen molar-refractivity contribution in [2.75, 3.05) is 13.1 Å². The van der Waals surface area contributed by atoms with E-state index >= 15 is 0 Å². The number of aromatic nitrogens is 1. The monoisotopic (exact) mass is 274 g/mol. The van der Waals surface area contributed by atoms with Crippen molar-refractivity contribution in [1.82, 2.24) is 9.88 Å². The van der Waals surface area contributed by atoms with Crippen LogP contribution in [0.4, 0.5) is 4.39 Å². The summed E-state index contributed by atoms with van der Waals surface area (Å²) < 4.78 is 18.5. The zero-order valence-corrected chi connectivity index (χ0v) is 11.7. The Kier molecular flexibility index (Phi) is 3.83. The fourth-order valence-corrected chi connectivity index (χ4v) is 2.85. The maximum atomic E-state index is 13.1. The van der Waals surface area contributed by atoms with Crippen molar-refractivity contribution >= 4 is 0 Å². The maximum absolute atomic E-state index is 13.1. The van der Waals surface area contributed by atoms with E-state index in [0.29, 0.717) is 5.92 Å². The van der Waals surface area contributed by atoms with Gasteiger partial charge < -0.3 is 4.42 Å². The molecule has 0 unspecified atom stereocenters. The van der Waals surface area contributed by atoms with Gasteiger partial charge in [-0.15, -0.1) is 0 Å². The van der Waals surface area contributed by atoms with Crippen molar-refractivity contribution in [2.24, 2.45) is 0 Å². The number of oxazole rings is 1. The highest BCUT2D eigenvalue weighted by Gasteiger charge is 2.23. The molecule has 3 nitrogen and oxygen atoms in total. The highest BCUT2D eigenvalue weighted by Crippen LogP contribution is 2.27. The van der Waals surface area contributed by atoms with Gasteiger partial charge in [0.15, 0.2) is 5.89 Å². The Morgan fingerprint density at radius 2 is 2.15 bits per heavy atom. The minimum Gasteiger partial charge on any atom is -0.449 e. The van der Waals surface area contributed by atoms with Crippen molar-refractivity contribution in [1.29, 1.82) is 0 Å². The molecule has 20 heavy (non-hydrogen) atoms. The van der Waals surface area contributed by atoms with Gasteiger partial charge in [0.25, 0.3) is 0 Å². The number of hydrogen-bond acceptors (Lipinski definition) is 3. The normalized spacial score (nSPS) is 17.5. The smallest absolute Gasteiger partial charge is 0.197 e. The summed E-state index contributed by atoms with van der Waals surface area (Å²) >= 11 is 0. The van der Waals surface area contributed by atoms with Crippen LogP contribution in [0.5, 0.6) is 0 Å². The first kappa shape index (κ1) is 13.3. The minimum absolute atomic E-state index is 0.158. The molecule has 1 fully saturated rings. The number of nitrogens with zero attached hydrogens (tertiary/aromatic N) is 2. The van der Waals surface area contributed by atoms with E-state index in [-0.39, 0.29) is 5.82 Å². The van der Waals surface area contributed by atoms with Crippen molar-refractivity contribution in [3.05, 3.63) is 53.5 Å². The van der Waals surface area contributed by atoms with Crippen LogP contribution in [0.15, 0.2) is 35.1 Å². The molecular formula is C16H19FN2O. The van der Waals surface area contributed by atoms with Crippen molar-refractivity contribution in [2.45, 2.75) is 32.2 Å². The van der Waals surface area contributed by atoms with Gasteiger partial charge in [0, 0.05) is 12.5 Å². The number of piperidine rings is 1. The van der Waals surface area contributed by atoms with Crippen LogP contribution in [0.2, 0.25) is 0 Å². The lowest BCUT2D eigenvalue weighted by atomic mass is 9.96. The highest BCUT2D eigenvalue weighted by molar-refractivity contribution is 5.26. The standard InChI is InChI=1S/C16H19FN2O/c1-12-10-15(17)3-2-14(12)11-19-7-4-13(5-8-19)16-18-6-9-20-16/h2-3,6,9-10,13H,4-5,7-8,11H2,1H3. The van der Waals surface area contributed by atoms with E-state index in [4.69, 9.17) is 4.42 Å². The van der Waals surface area contributed by atoms with Gasteiger partial charge in [0.05, 0.1) is 6.20 Å². The molecule has 3 rings (SSSR count). The Balaban J connectivity index is 1.58. The lowest BCUT2D eigenvalue weighted by molar-refractivity contribution is 0.192. The van der Waals surface area contributed by atoms with E-state index in [1.54, 1.807) is 24.6 Å². The second kappa shape index (κ2) is 5.75. The molecule has 2 heterocycles. The molecule has 1 aliphatic rings.